The first-order valence-electron chi connectivity index (χ1n) is 8.40. The summed E-state index contributed by atoms with van der Waals surface area (Å²) < 4.78 is 5.23. The summed E-state index contributed by atoms with van der Waals surface area (Å²) in [5.74, 6) is 1.73. The maximum Gasteiger partial charge on any atom is 0.226 e. The van der Waals surface area contributed by atoms with Crippen LogP contribution in [0.5, 0.6) is 0 Å². The van der Waals surface area contributed by atoms with Gasteiger partial charge in [-0.2, -0.15) is 4.98 Å². The van der Waals surface area contributed by atoms with Gasteiger partial charge in [-0.1, -0.05) is 36.7 Å². The van der Waals surface area contributed by atoms with Crippen LogP contribution in [0.15, 0.2) is 22.7 Å². The Morgan fingerprint density at radius 1 is 1.40 bits per heavy atom. The monoisotopic (exact) mass is 364 g/mol. The van der Waals surface area contributed by atoms with Crippen molar-refractivity contribution in [2.45, 2.75) is 40.2 Å². The molecule has 25 heavy (non-hydrogen) atoms. The van der Waals surface area contributed by atoms with Gasteiger partial charge in [0.05, 0.1) is 6.54 Å². The number of nitrogens with zero attached hydrogens (tertiary/aromatic N) is 3. The molecular weight excluding hydrogens is 340 g/mol. The molecule has 0 fully saturated rings. The number of hydrogen-bond donors (Lipinski definition) is 1. The Balaban J connectivity index is 1.79. The first-order chi connectivity index (χ1) is 11.8. The van der Waals surface area contributed by atoms with Gasteiger partial charge in [0, 0.05) is 30.1 Å². The molecule has 0 unspecified atom stereocenters. The second-order valence-corrected chi connectivity index (χ2v) is 7.06. The van der Waals surface area contributed by atoms with E-state index in [-0.39, 0.29) is 5.91 Å². The number of aromatic nitrogens is 2. The molecule has 0 saturated carbocycles. The number of nitrogens with one attached hydrogen (secondary N) is 1. The van der Waals surface area contributed by atoms with Crippen molar-refractivity contribution in [3.8, 4) is 0 Å². The Morgan fingerprint density at radius 2 is 2.16 bits per heavy atom. The molecule has 1 aromatic heterocycles. The van der Waals surface area contributed by atoms with Gasteiger partial charge in [0.25, 0.3) is 0 Å². The standard InChI is InChI=1S/C18H25ClN4O2/c1-12(2)10-18-21-16(22-25-18)11-23(4)9-8-17(24)20-15-7-5-6-14(19)13(15)3/h5-7,12H,8-11H2,1-4H3,(H,20,24). The summed E-state index contributed by atoms with van der Waals surface area (Å²) in [6.45, 7) is 7.24. The number of carbonyl (C=O) groups is 1. The van der Waals surface area contributed by atoms with Crippen molar-refractivity contribution < 1.29 is 9.32 Å². The molecule has 2 rings (SSSR count). The molecule has 0 atom stereocenters. The third-order valence-electron chi connectivity index (χ3n) is 3.77. The van der Waals surface area contributed by atoms with Crippen molar-refractivity contribution in [1.29, 1.82) is 0 Å². The lowest BCUT2D eigenvalue weighted by atomic mass is 10.1. The van der Waals surface area contributed by atoms with Gasteiger partial charge in [-0.3, -0.25) is 9.69 Å². The maximum absolute atomic E-state index is 12.1. The molecule has 0 aliphatic carbocycles. The van der Waals surface area contributed by atoms with Crippen LogP contribution >= 0.6 is 11.6 Å². The molecular formula is C18H25ClN4O2. The van der Waals surface area contributed by atoms with Crippen molar-refractivity contribution in [1.82, 2.24) is 15.0 Å². The summed E-state index contributed by atoms with van der Waals surface area (Å²) in [5, 5.41) is 7.52. The molecule has 136 valence electrons. The third-order valence-corrected chi connectivity index (χ3v) is 4.18. The van der Waals surface area contributed by atoms with E-state index in [1.54, 1.807) is 6.07 Å². The second kappa shape index (κ2) is 8.97. The van der Waals surface area contributed by atoms with E-state index in [1.165, 1.54) is 0 Å². The Hall–Kier alpha value is -1.92. The minimum Gasteiger partial charge on any atom is -0.339 e. The fraction of sp³-hybridized carbons (Fsp3) is 0.500. The molecule has 7 heteroatoms. The van der Waals surface area contributed by atoms with Gasteiger partial charge in [0.2, 0.25) is 11.8 Å². The number of amides is 1. The summed E-state index contributed by atoms with van der Waals surface area (Å²) in [5.41, 5.74) is 1.62. The molecule has 0 spiro atoms. The van der Waals surface area contributed by atoms with Crippen LogP contribution < -0.4 is 5.32 Å². The number of anilines is 1. The van der Waals surface area contributed by atoms with Gasteiger partial charge < -0.3 is 9.84 Å². The van der Waals surface area contributed by atoms with Crippen LogP contribution in [-0.2, 0) is 17.8 Å². The van der Waals surface area contributed by atoms with Crippen molar-refractivity contribution in [3.63, 3.8) is 0 Å². The molecule has 0 saturated heterocycles. The predicted molar refractivity (Wildman–Crippen MR) is 98.6 cm³/mol. The first kappa shape index (κ1) is 19.4. The number of carbonyl (C=O) groups excluding carboxylic acids is 1. The largest absolute Gasteiger partial charge is 0.339 e. The summed E-state index contributed by atoms with van der Waals surface area (Å²) >= 11 is 6.07. The zero-order valence-electron chi connectivity index (χ0n) is 15.2. The van der Waals surface area contributed by atoms with Crippen LogP contribution in [0.3, 0.4) is 0 Å². The Bertz CT molecular complexity index is 715. The molecule has 0 aliphatic rings. The number of benzene rings is 1. The van der Waals surface area contributed by atoms with Crippen molar-refractivity contribution in [2.24, 2.45) is 5.92 Å². The van der Waals surface area contributed by atoms with Crippen LogP contribution in [0, 0.1) is 12.8 Å². The van der Waals surface area contributed by atoms with Crippen molar-refractivity contribution in [3.05, 3.63) is 40.5 Å². The van der Waals surface area contributed by atoms with Gasteiger partial charge in [0.1, 0.15) is 0 Å². The van der Waals surface area contributed by atoms with Crippen LogP contribution in [0.4, 0.5) is 5.69 Å². The van der Waals surface area contributed by atoms with Crippen LogP contribution in [-0.4, -0.2) is 34.5 Å². The van der Waals surface area contributed by atoms with Crippen LogP contribution in [0.2, 0.25) is 5.02 Å². The topological polar surface area (TPSA) is 71.3 Å². The van der Waals surface area contributed by atoms with Gasteiger partial charge in [-0.05, 0) is 37.6 Å². The lowest BCUT2D eigenvalue weighted by molar-refractivity contribution is -0.116. The normalized spacial score (nSPS) is 11.3. The van der Waals surface area contributed by atoms with Gasteiger partial charge in [-0.15, -0.1) is 0 Å². The van der Waals surface area contributed by atoms with E-state index in [0.29, 0.717) is 42.2 Å². The summed E-state index contributed by atoms with van der Waals surface area (Å²) in [7, 11) is 1.93. The number of rotatable bonds is 8. The number of hydrogen-bond acceptors (Lipinski definition) is 5. The predicted octanol–water partition coefficient (Wildman–Crippen LogP) is 3.69. The molecule has 0 bridgehead atoms. The third kappa shape index (κ3) is 6.14. The smallest absolute Gasteiger partial charge is 0.226 e. The zero-order valence-corrected chi connectivity index (χ0v) is 15.9. The highest BCUT2D eigenvalue weighted by Crippen LogP contribution is 2.22. The molecule has 1 N–H and O–H groups in total. The lowest BCUT2D eigenvalue weighted by Gasteiger charge is -2.14. The summed E-state index contributed by atoms with van der Waals surface area (Å²) in [4.78, 5) is 18.5. The van der Waals surface area contributed by atoms with E-state index >= 15 is 0 Å². The van der Waals surface area contributed by atoms with E-state index in [4.69, 9.17) is 16.1 Å². The highest BCUT2D eigenvalue weighted by molar-refractivity contribution is 6.31. The Morgan fingerprint density at radius 3 is 2.88 bits per heavy atom. The van der Waals surface area contributed by atoms with Crippen molar-refractivity contribution >= 4 is 23.2 Å². The van der Waals surface area contributed by atoms with Gasteiger partial charge in [-0.25, -0.2) is 0 Å². The van der Waals surface area contributed by atoms with E-state index in [0.717, 1.165) is 17.7 Å². The lowest BCUT2D eigenvalue weighted by Crippen LogP contribution is -2.24. The molecule has 1 amide bonds. The highest BCUT2D eigenvalue weighted by Gasteiger charge is 2.12. The number of halogens is 1. The van der Waals surface area contributed by atoms with E-state index in [9.17, 15) is 4.79 Å². The van der Waals surface area contributed by atoms with Gasteiger partial charge >= 0.3 is 0 Å². The van der Waals surface area contributed by atoms with E-state index in [2.05, 4.69) is 29.3 Å². The quantitative estimate of drug-likeness (QED) is 0.773. The first-order valence-corrected chi connectivity index (χ1v) is 8.78. The molecule has 0 aliphatic heterocycles. The minimum atomic E-state index is -0.0502. The zero-order chi connectivity index (χ0) is 18.4. The fourth-order valence-corrected chi connectivity index (χ4v) is 2.53. The molecule has 2 aromatic rings. The average molecular weight is 365 g/mol. The molecule has 6 nitrogen and oxygen atoms in total. The second-order valence-electron chi connectivity index (χ2n) is 6.65. The van der Waals surface area contributed by atoms with Crippen molar-refractivity contribution in [2.75, 3.05) is 18.9 Å². The minimum absolute atomic E-state index is 0.0502. The Kier molecular flexibility index (Phi) is 6.96. The fourth-order valence-electron chi connectivity index (χ4n) is 2.35. The average Bonchev–Trinajstić information content (AvgIpc) is 2.96. The molecule has 1 aromatic carbocycles. The molecule has 0 radical (unpaired) electrons. The SMILES string of the molecule is Cc1c(Cl)cccc1NC(=O)CCN(C)Cc1noc(CC(C)C)n1. The van der Waals surface area contributed by atoms with E-state index < -0.39 is 0 Å². The van der Waals surface area contributed by atoms with Crippen LogP contribution in [0.25, 0.3) is 0 Å². The Labute approximate surface area is 153 Å². The maximum atomic E-state index is 12.1. The van der Waals surface area contributed by atoms with Crippen LogP contribution in [0.1, 0.15) is 37.5 Å². The van der Waals surface area contributed by atoms with Gasteiger partial charge in [0.15, 0.2) is 5.82 Å². The summed E-state index contributed by atoms with van der Waals surface area (Å²) in [6.07, 6.45) is 1.15. The molecule has 1 heterocycles. The highest BCUT2D eigenvalue weighted by atomic mass is 35.5. The summed E-state index contributed by atoms with van der Waals surface area (Å²) in [6, 6.07) is 5.47. The van der Waals surface area contributed by atoms with E-state index in [1.807, 2.05) is 31.0 Å².